The molecule has 58 valence electrons. The highest BCUT2D eigenvalue weighted by atomic mass is 35.5. The molecule has 0 saturated carbocycles. The normalized spacial score (nSPS) is 10.8. The molecule has 0 N–H and O–H groups in total. The SMILES string of the molecule is [B]c1ccn2nc(Cl)nc(Cl)c12. The van der Waals surface area contributed by atoms with E-state index in [0.717, 1.165) is 0 Å². The van der Waals surface area contributed by atoms with Gasteiger partial charge in [-0.15, -0.1) is 5.10 Å². The zero-order valence-corrected chi connectivity index (χ0v) is 7.34. The van der Waals surface area contributed by atoms with E-state index in [4.69, 9.17) is 31.0 Å². The summed E-state index contributed by atoms with van der Waals surface area (Å²) in [5, 5.41) is 4.23. The van der Waals surface area contributed by atoms with Crippen LogP contribution in [0.4, 0.5) is 0 Å². The fraction of sp³-hybridized carbons (Fsp3) is 0. The Kier molecular flexibility index (Phi) is 1.74. The zero-order chi connectivity index (χ0) is 8.72. The summed E-state index contributed by atoms with van der Waals surface area (Å²) in [4.78, 5) is 3.75. The number of aromatic nitrogens is 3. The van der Waals surface area contributed by atoms with Gasteiger partial charge >= 0.3 is 0 Å². The topological polar surface area (TPSA) is 30.2 Å². The molecule has 0 aliphatic carbocycles. The van der Waals surface area contributed by atoms with Crippen molar-refractivity contribution in [3.8, 4) is 0 Å². The summed E-state index contributed by atoms with van der Waals surface area (Å²) in [5.41, 5.74) is 1.12. The van der Waals surface area contributed by atoms with E-state index >= 15 is 0 Å². The van der Waals surface area contributed by atoms with E-state index in [0.29, 0.717) is 11.0 Å². The van der Waals surface area contributed by atoms with Crippen LogP contribution in [-0.2, 0) is 0 Å². The molecule has 0 aliphatic rings. The Morgan fingerprint density at radius 3 is 2.92 bits per heavy atom. The van der Waals surface area contributed by atoms with Crippen LogP contribution in [-0.4, -0.2) is 22.4 Å². The Morgan fingerprint density at radius 2 is 2.17 bits per heavy atom. The van der Waals surface area contributed by atoms with Gasteiger partial charge in [-0.1, -0.05) is 17.1 Å². The Labute approximate surface area is 79.7 Å². The molecule has 0 fully saturated rings. The number of rotatable bonds is 0. The van der Waals surface area contributed by atoms with Gasteiger partial charge in [-0.05, 0) is 17.7 Å². The minimum atomic E-state index is 0.100. The first-order chi connectivity index (χ1) is 5.68. The average Bonchev–Trinajstić information content (AvgIpc) is 2.31. The second-order valence-electron chi connectivity index (χ2n) is 2.24. The summed E-state index contributed by atoms with van der Waals surface area (Å²) in [6, 6.07) is 1.69. The van der Waals surface area contributed by atoms with E-state index in [1.54, 1.807) is 12.3 Å². The molecule has 2 aromatic heterocycles. The minimum Gasteiger partial charge on any atom is -0.236 e. The molecule has 2 aromatic rings. The maximum atomic E-state index is 5.77. The van der Waals surface area contributed by atoms with Crippen molar-refractivity contribution in [1.82, 2.24) is 14.6 Å². The van der Waals surface area contributed by atoms with Crippen LogP contribution in [0, 0.1) is 0 Å². The third-order valence-corrected chi connectivity index (χ3v) is 1.90. The van der Waals surface area contributed by atoms with Gasteiger partial charge in [0, 0.05) is 6.20 Å². The van der Waals surface area contributed by atoms with Crippen LogP contribution in [0.2, 0.25) is 10.4 Å². The second-order valence-corrected chi connectivity index (χ2v) is 2.93. The molecule has 0 aromatic carbocycles. The van der Waals surface area contributed by atoms with E-state index in [9.17, 15) is 0 Å². The predicted molar refractivity (Wildman–Crippen MR) is 48.4 cm³/mol. The lowest BCUT2D eigenvalue weighted by Gasteiger charge is -1.97. The Bertz CT molecular complexity index is 440. The fourth-order valence-electron chi connectivity index (χ4n) is 0.979. The predicted octanol–water partition coefficient (Wildman–Crippen LogP) is 0.830. The summed E-state index contributed by atoms with van der Waals surface area (Å²) in [6.45, 7) is 0. The van der Waals surface area contributed by atoms with Crippen molar-refractivity contribution in [2.45, 2.75) is 0 Å². The standard InChI is InChI=1S/C6H2BCl2N3/c7-3-1-2-12-4(3)5(8)10-6(9)11-12/h1-2H. The maximum Gasteiger partial charge on any atom is 0.242 e. The number of halogens is 2. The van der Waals surface area contributed by atoms with Crippen LogP contribution in [0.3, 0.4) is 0 Å². The van der Waals surface area contributed by atoms with E-state index in [1.807, 2.05) is 0 Å². The minimum absolute atomic E-state index is 0.100. The van der Waals surface area contributed by atoms with Gasteiger partial charge in [0.1, 0.15) is 7.85 Å². The molecule has 0 atom stereocenters. The molecule has 2 heterocycles. The van der Waals surface area contributed by atoms with Gasteiger partial charge in [-0.25, -0.2) is 9.50 Å². The molecular weight excluding hydrogens is 196 g/mol. The van der Waals surface area contributed by atoms with Crippen LogP contribution < -0.4 is 5.46 Å². The highest BCUT2D eigenvalue weighted by molar-refractivity contribution is 6.42. The molecule has 2 radical (unpaired) electrons. The average molecular weight is 198 g/mol. The molecule has 0 unspecified atom stereocenters. The van der Waals surface area contributed by atoms with Crippen LogP contribution in [0.5, 0.6) is 0 Å². The van der Waals surface area contributed by atoms with E-state index < -0.39 is 0 Å². The Hall–Kier alpha value is -0.735. The Morgan fingerprint density at radius 1 is 1.42 bits per heavy atom. The number of hydrogen-bond donors (Lipinski definition) is 0. The third kappa shape index (κ3) is 1.07. The molecule has 12 heavy (non-hydrogen) atoms. The number of nitrogens with zero attached hydrogens (tertiary/aromatic N) is 3. The number of fused-ring (bicyclic) bond motifs is 1. The van der Waals surface area contributed by atoms with Crippen molar-refractivity contribution < 1.29 is 0 Å². The van der Waals surface area contributed by atoms with Crippen LogP contribution in [0.1, 0.15) is 0 Å². The third-order valence-electron chi connectivity index (χ3n) is 1.47. The summed E-state index contributed by atoms with van der Waals surface area (Å²) in [6.07, 6.45) is 1.67. The molecule has 0 aliphatic heterocycles. The van der Waals surface area contributed by atoms with E-state index in [2.05, 4.69) is 10.1 Å². The van der Waals surface area contributed by atoms with Crippen LogP contribution in [0.25, 0.3) is 5.52 Å². The summed E-state index contributed by atoms with van der Waals surface area (Å²) < 4.78 is 1.49. The first kappa shape index (κ1) is 7.89. The van der Waals surface area contributed by atoms with E-state index in [1.165, 1.54) is 4.52 Å². The van der Waals surface area contributed by atoms with Crippen molar-refractivity contribution >= 4 is 42.0 Å². The molecular formula is C6H2BCl2N3. The lowest BCUT2D eigenvalue weighted by Crippen LogP contribution is -2.04. The highest BCUT2D eigenvalue weighted by Gasteiger charge is 2.05. The molecule has 3 nitrogen and oxygen atoms in total. The lowest BCUT2D eigenvalue weighted by atomic mass is 9.99. The smallest absolute Gasteiger partial charge is 0.236 e. The molecule has 6 heteroatoms. The highest BCUT2D eigenvalue weighted by Crippen LogP contribution is 2.13. The van der Waals surface area contributed by atoms with Gasteiger partial charge in [0.15, 0.2) is 5.15 Å². The quantitative estimate of drug-likeness (QED) is 0.586. The monoisotopic (exact) mass is 197 g/mol. The second kappa shape index (κ2) is 2.64. The molecule has 2 rings (SSSR count). The summed E-state index contributed by atoms with van der Waals surface area (Å²) in [5.74, 6) is 0. The molecule has 0 spiro atoms. The van der Waals surface area contributed by atoms with Gasteiger partial charge < -0.3 is 0 Å². The van der Waals surface area contributed by atoms with Crippen LogP contribution >= 0.6 is 23.2 Å². The van der Waals surface area contributed by atoms with Crippen molar-refractivity contribution in [3.05, 3.63) is 22.7 Å². The first-order valence-corrected chi connectivity index (χ1v) is 3.90. The van der Waals surface area contributed by atoms with Gasteiger partial charge in [0.05, 0.1) is 5.52 Å². The molecule has 0 saturated heterocycles. The first-order valence-electron chi connectivity index (χ1n) is 3.14. The lowest BCUT2D eigenvalue weighted by molar-refractivity contribution is 0.905. The number of hydrogen-bond acceptors (Lipinski definition) is 2. The van der Waals surface area contributed by atoms with Gasteiger partial charge in [-0.2, -0.15) is 0 Å². The Balaban J connectivity index is 2.93. The van der Waals surface area contributed by atoms with Crippen molar-refractivity contribution in [1.29, 1.82) is 0 Å². The van der Waals surface area contributed by atoms with Crippen LogP contribution in [0.15, 0.2) is 12.3 Å². The molecule has 0 bridgehead atoms. The van der Waals surface area contributed by atoms with Gasteiger partial charge in [0.25, 0.3) is 0 Å². The van der Waals surface area contributed by atoms with E-state index in [-0.39, 0.29) is 10.4 Å². The van der Waals surface area contributed by atoms with Crippen molar-refractivity contribution in [2.75, 3.05) is 0 Å². The maximum absolute atomic E-state index is 5.77. The van der Waals surface area contributed by atoms with Crippen molar-refractivity contribution in [2.24, 2.45) is 0 Å². The fourth-order valence-corrected chi connectivity index (χ4v) is 1.46. The van der Waals surface area contributed by atoms with Gasteiger partial charge in [0.2, 0.25) is 5.28 Å². The van der Waals surface area contributed by atoms with Crippen molar-refractivity contribution in [3.63, 3.8) is 0 Å². The summed E-state index contributed by atoms with van der Waals surface area (Å²) >= 11 is 11.3. The largest absolute Gasteiger partial charge is 0.242 e. The zero-order valence-electron chi connectivity index (χ0n) is 5.83. The molecule has 0 amide bonds. The van der Waals surface area contributed by atoms with Gasteiger partial charge in [-0.3, -0.25) is 0 Å². The summed E-state index contributed by atoms with van der Waals surface area (Å²) in [7, 11) is 5.60.